The number of benzene rings is 1. The van der Waals surface area contributed by atoms with E-state index in [-0.39, 0.29) is 6.04 Å². The Morgan fingerprint density at radius 3 is 2.76 bits per heavy atom. The summed E-state index contributed by atoms with van der Waals surface area (Å²) in [4.78, 5) is 1.18. The van der Waals surface area contributed by atoms with E-state index in [1.54, 1.807) is 18.4 Å². The Morgan fingerprint density at radius 1 is 1.35 bits per heavy atom. The number of rotatable bonds is 4. The first-order valence-electron chi connectivity index (χ1n) is 5.40. The van der Waals surface area contributed by atoms with Gasteiger partial charge in [-0.05, 0) is 24.4 Å². The molecule has 0 bridgehead atoms. The highest BCUT2D eigenvalue weighted by Crippen LogP contribution is 2.32. The number of methoxy groups -OCH3 is 1. The Kier molecular flexibility index (Phi) is 3.78. The molecule has 3 N–H and O–H groups in total. The summed E-state index contributed by atoms with van der Waals surface area (Å²) in [6.07, 6.45) is 0. The highest BCUT2D eigenvalue weighted by molar-refractivity contribution is 7.10. The summed E-state index contributed by atoms with van der Waals surface area (Å²) >= 11 is 1.68. The third-order valence-electron chi connectivity index (χ3n) is 2.69. The topological polar surface area (TPSA) is 47.3 Å². The Morgan fingerprint density at radius 2 is 2.18 bits per heavy atom. The van der Waals surface area contributed by atoms with Gasteiger partial charge in [0.15, 0.2) is 0 Å². The lowest BCUT2D eigenvalue weighted by atomic mass is 10.0. The maximum atomic E-state index is 5.67. The van der Waals surface area contributed by atoms with E-state index in [4.69, 9.17) is 10.6 Å². The monoisotopic (exact) mass is 248 g/mol. The van der Waals surface area contributed by atoms with Crippen LogP contribution in [0.4, 0.5) is 0 Å². The number of hydrazine groups is 1. The standard InChI is InChI=1S/C13H16N2OS/c1-9-5-6-11(16-2)10(8-9)13(15-14)12-4-3-7-17-12/h3-8,13,15H,14H2,1-2H3. The second-order valence-corrected chi connectivity index (χ2v) is 4.84. The maximum Gasteiger partial charge on any atom is 0.124 e. The Hall–Kier alpha value is -1.36. The van der Waals surface area contributed by atoms with Crippen molar-refractivity contribution in [1.82, 2.24) is 5.43 Å². The molecule has 2 aromatic rings. The third kappa shape index (κ3) is 2.49. The predicted octanol–water partition coefficient (Wildman–Crippen LogP) is 2.62. The molecule has 0 spiro atoms. The van der Waals surface area contributed by atoms with Crippen LogP contribution in [0.1, 0.15) is 22.0 Å². The van der Waals surface area contributed by atoms with Crippen molar-refractivity contribution in [1.29, 1.82) is 0 Å². The molecule has 3 nitrogen and oxygen atoms in total. The van der Waals surface area contributed by atoms with E-state index in [1.807, 2.05) is 23.6 Å². The largest absolute Gasteiger partial charge is 0.496 e. The first-order chi connectivity index (χ1) is 8.26. The number of nitrogens with two attached hydrogens (primary N) is 1. The van der Waals surface area contributed by atoms with Gasteiger partial charge in [-0.2, -0.15) is 0 Å². The molecule has 0 fully saturated rings. The Bertz CT molecular complexity index is 482. The molecular formula is C13H16N2OS. The van der Waals surface area contributed by atoms with E-state index in [1.165, 1.54) is 10.4 Å². The molecule has 1 unspecified atom stereocenters. The fourth-order valence-corrected chi connectivity index (χ4v) is 2.66. The normalized spacial score (nSPS) is 12.4. The van der Waals surface area contributed by atoms with Crippen LogP contribution in [-0.4, -0.2) is 7.11 Å². The molecule has 1 atom stereocenters. The molecule has 0 saturated carbocycles. The number of hydrogen-bond acceptors (Lipinski definition) is 4. The number of ether oxygens (including phenoxy) is 1. The number of aryl methyl sites for hydroxylation is 1. The minimum Gasteiger partial charge on any atom is -0.496 e. The fraction of sp³-hybridized carbons (Fsp3) is 0.231. The average Bonchev–Trinajstić information content (AvgIpc) is 2.84. The molecule has 2 rings (SSSR count). The molecule has 17 heavy (non-hydrogen) atoms. The van der Waals surface area contributed by atoms with Crippen molar-refractivity contribution in [2.75, 3.05) is 7.11 Å². The van der Waals surface area contributed by atoms with Crippen LogP contribution < -0.4 is 16.0 Å². The molecule has 0 aliphatic carbocycles. The molecule has 0 amide bonds. The zero-order valence-corrected chi connectivity index (χ0v) is 10.8. The summed E-state index contributed by atoms with van der Waals surface area (Å²) < 4.78 is 5.39. The van der Waals surface area contributed by atoms with Crippen molar-refractivity contribution in [2.45, 2.75) is 13.0 Å². The lowest BCUT2D eigenvalue weighted by Crippen LogP contribution is -2.28. The van der Waals surface area contributed by atoms with Crippen LogP contribution in [0.15, 0.2) is 35.7 Å². The van der Waals surface area contributed by atoms with Crippen LogP contribution >= 0.6 is 11.3 Å². The first kappa shape index (κ1) is 12.1. The molecule has 0 saturated heterocycles. The summed E-state index contributed by atoms with van der Waals surface area (Å²) in [7, 11) is 1.68. The average molecular weight is 248 g/mol. The molecule has 1 heterocycles. The Labute approximate surface area is 105 Å². The quantitative estimate of drug-likeness (QED) is 0.646. The molecular weight excluding hydrogens is 232 g/mol. The Balaban J connectivity index is 2.46. The second-order valence-electron chi connectivity index (χ2n) is 3.86. The van der Waals surface area contributed by atoms with Gasteiger partial charge in [-0.1, -0.05) is 23.8 Å². The minimum atomic E-state index is -0.0233. The third-order valence-corrected chi connectivity index (χ3v) is 3.63. The molecule has 1 aromatic carbocycles. The van der Waals surface area contributed by atoms with Crippen LogP contribution in [0.25, 0.3) is 0 Å². The van der Waals surface area contributed by atoms with E-state index >= 15 is 0 Å². The van der Waals surface area contributed by atoms with Gasteiger partial charge in [0.2, 0.25) is 0 Å². The smallest absolute Gasteiger partial charge is 0.124 e. The highest BCUT2D eigenvalue weighted by atomic mass is 32.1. The van der Waals surface area contributed by atoms with Crippen molar-refractivity contribution in [3.63, 3.8) is 0 Å². The molecule has 4 heteroatoms. The summed E-state index contributed by atoms with van der Waals surface area (Å²) in [6.45, 7) is 2.06. The van der Waals surface area contributed by atoms with Crippen LogP contribution in [-0.2, 0) is 0 Å². The SMILES string of the molecule is COc1ccc(C)cc1C(NN)c1cccs1. The number of nitrogens with one attached hydrogen (secondary N) is 1. The van der Waals surface area contributed by atoms with Gasteiger partial charge < -0.3 is 4.74 Å². The van der Waals surface area contributed by atoms with Gasteiger partial charge in [-0.3, -0.25) is 5.84 Å². The zero-order chi connectivity index (χ0) is 12.3. The van der Waals surface area contributed by atoms with Gasteiger partial charge in [-0.15, -0.1) is 11.3 Å². The fourth-order valence-electron chi connectivity index (χ4n) is 1.86. The van der Waals surface area contributed by atoms with Crippen LogP contribution in [0, 0.1) is 6.92 Å². The van der Waals surface area contributed by atoms with Gasteiger partial charge in [0, 0.05) is 10.4 Å². The summed E-state index contributed by atoms with van der Waals surface area (Å²) in [5.41, 5.74) is 5.11. The summed E-state index contributed by atoms with van der Waals surface area (Å²) in [5.74, 6) is 6.52. The number of hydrogen-bond donors (Lipinski definition) is 2. The van der Waals surface area contributed by atoms with Crippen LogP contribution in [0.5, 0.6) is 5.75 Å². The van der Waals surface area contributed by atoms with Gasteiger partial charge in [0.1, 0.15) is 5.75 Å². The minimum absolute atomic E-state index is 0.0233. The van der Waals surface area contributed by atoms with E-state index in [9.17, 15) is 0 Å². The number of thiophene rings is 1. The molecule has 90 valence electrons. The molecule has 0 aliphatic heterocycles. The van der Waals surface area contributed by atoms with Crippen LogP contribution in [0.2, 0.25) is 0 Å². The maximum absolute atomic E-state index is 5.67. The predicted molar refractivity (Wildman–Crippen MR) is 71.2 cm³/mol. The van der Waals surface area contributed by atoms with Crippen molar-refractivity contribution >= 4 is 11.3 Å². The van der Waals surface area contributed by atoms with Crippen molar-refractivity contribution < 1.29 is 4.74 Å². The van der Waals surface area contributed by atoms with Gasteiger partial charge in [-0.25, -0.2) is 5.43 Å². The first-order valence-corrected chi connectivity index (χ1v) is 6.28. The molecule has 1 aromatic heterocycles. The summed E-state index contributed by atoms with van der Waals surface area (Å²) in [6, 6.07) is 10.2. The van der Waals surface area contributed by atoms with Crippen molar-refractivity contribution in [3.8, 4) is 5.75 Å². The van der Waals surface area contributed by atoms with Gasteiger partial charge in [0.05, 0.1) is 13.2 Å². The zero-order valence-electron chi connectivity index (χ0n) is 9.94. The van der Waals surface area contributed by atoms with E-state index in [2.05, 4.69) is 24.5 Å². The second kappa shape index (κ2) is 5.31. The lowest BCUT2D eigenvalue weighted by molar-refractivity contribution is 0.404. The van der Waals surface area contributed by atoms with Crippen molar-refractivity contribution in [3.05, 3.63) is 51.7 Å². The van der Waals surface area contributed by atoms with Gasteiger partial charge in [0.25, 0.3) is 0 Å². The highest BCUT2D eigenvalue weighted by Gasteiger charge is 2.17. The molecule has 0 aliphatic rings. The lowest BCUT2D eigenvalue weighted by Gasteiger charge is -2.18. The van der Waals surface area contributed by atoms with E-state index in [0.717, 1.165) is 11.3 Å². The summed E-state index contributed by atoms with van der Waals surface area (Å²) in [5, 5.41) is 2.04. The van der Waals surface area contributed by atoms with Crippen LogP contribution in [0.3, 0.4) is 0 Å². The van der Waals surface area contributed by atoms with Crippen molar-refractivity contribution in [2.24, 2.45) is 5.84 Å². The molecule has 0 radical (unpaired) electrons. The van der Waals surface area contributed by atoms with E-state index in [0.29, 0.717) is 0 Å². The van der Waals surface area contributed by atoms with E-state index < -0.39 is 0 Å². The van der Waals surface area contributed by atoms with Gasteiger partial charge >= 0.3 is 0 Å².